The minimum absolute atomic E-state index is 0.0493. The van der Waals surface area contributed by atoms with Crippen molar-refractivity contribution in [1.29, 1.82) is 0 Å². The van der Waals surface area contributed by atoms with E-state index in [4.69, 9.17) is 0 Å². The minimum atomic E-state index is -0.510. The molecule has 1 aliphatic heterocycles. The van der Waals surface area contributed by atoms with E-state index in [2.05, 4.69) is 201 Å². The molecule has 0 radical (unpaired) electrons. The maximum atomic E-state index is 2.59. The molecule has 0 N–H and O–H groups in total. The largest absolute Gasteiger partial charge is 0.314 e. The first-order chi connectivity index (χ1) is 26.1. The molecule has 1 heteroatoms. The first-order valence-electron chi connectivity index (χ1n) is 19.0. The highest BCUT2D eigenvalue weighted by Crippen LogP contribution is 2.62. The summed E-state index contributed by atoms with van der Waals surface area (Å²) in [6.07, 6.45) is 8.00. The monoisotopic (exact) mass is 677 g/mol. The number of allylic oxidation sites excluding steroid dienone is 4. The fourth-order valence-electron chi connectivity index (χ4n) is 10.4. The van der Waals surface area contributed by atoms with Crippen molar-refractivity contribution < 1.29 is 0 Å². The van der Waals surface area contributed by atoms with Gasteiger partial charge in [-0.2, -0.15) is 0 Å². The third-order valence-electron chi connectivity index (χ3n) is 12.8. The average molecular weight is 678 g/mol. The third kappa shape index (κ3) is 4.08. The Morgan fingerprint density at radius 3 is 1.66 bits per heavy atom. The third-order valence-corrected chi connectivity index (χ3v) is 12.8. The van der Waals surface area contributed by atoms with Gasteiger partial charge >= 0.3 is 0 Å². The van der Waals surface area contributed by atoms with Crippen LogP contribution in [0.5, 0.6) is 0 Å². The predicted octanol–water partition coefficient (Wildman–Crippen LogP) is 13.3. The molecular formula is C52H39N. The van der Waals surface area contributed by atoms with Crippen LogP contribution >= 0.6 is 0 Å². The van der Waals surface area contributed by atoms with Crippen LogP contribution in [0.3, 0.4) is 0 Å². The number of fused-ring (bicyclic) bond motifs is 14. The van der Waals surface area contributed by atoms with E-state index in [-0.39, 0.29) is 5.41 Å². The van der Waals surface area contributed by atoms with E-state index in [1.165, 1.54) is 89.4 Å². The number of hydrogen-bond acceptors (Lipinski definition) is 1. The van der Waals surface area contributed by atoms with E-state index in [0.717, 1.165) is 6.42 Å². The number of rotatable bonds is 2. The molecular weight excluding hydrogens is 639 g/mol. The summed E-state index contributed by atoms with van der Waals surface area (Å²) < 4.78 is 0. The van der Waals surface area contributed by atoms with Gasteiger partial charge < -0.3 is 4.90 Å². The summed E-state index contributed by atoms with van der Waals surface area (Å²) in [6.45, 7) is 4.89. The van der Waals surface area contributed by atoms with Gasteiger partial charge in [-0.3, -0.25) is 0 Å². The summed E-state index contributed by atoms with van der Waals surface area (Å²) in [4.78, 5) is 2.59. The Hall–Kier alpha value is -6.18. The number of benzene rings is 7. The van der Waals surface area contributed by atoms with E-state index < -0.39 is 5.41 Å². The molecule has 0 bridgehead atoms. The molecule has 0 saturated carbocycles. The lowest BCUT2D eigenvalue weighted by Crippen LogP contribution is -2.42. The quantitative estimate of drug-likeness (QED) is 0.176. The van der Waals surface area contributed by atoms with Crippen LogP contribution in [-0.4, -0.2) is 0 Å². The van der Waals surface area contributed by atoms with Crippen molar-refractivity contribution in [2.75, 3.05) is 4.90 Å². The molecule has 0 saturated heterocycles. The van der Waals surface area contributed by atoms with Gasteiger partial charge in [-0.05, 0) is 109 Å². The normalized spacial score (nSPS) is 17.7. The summed E-state index contributed by atoms with van der Waals surface area (Å²) >= 11 is 0. The zero-order chi connectivity index (χ0) is 35.3. The fraction of sp³-hybridized carbons (Fsp3) is 0.115. The van der Waals surface area contributed by atoms with E-state index >= 15 is 0 Å². The first kappa shape index (κ1) is 30.4. The zero-order valence-corrected chi connectivity index (χ0v) is 30.1. The van der Waals surface area contributed by atoms with Gasteiger partial charge in [-0.15, -0.1) is 0 Å². The van der Waals surface area contributed by atoms with Crippen molar-refractivity contribution in [3.05, 3.63) is 216 Å². The number of nitrogens with zero attached hydrogens (tertiary/aromatic N) is 1. The molecule has 7 aromatic rings. The lowest BCUT2D eigenvalue weighted by molar-refractivity contribution is 0.349. The summed E-state index contributed by atoms with van der Waals surface area (Å²) in [7, 11) is 0. The first-order valence-corrected chi connectivity index (χ1v) is 19.0. The Balaban J connectivity index is 1.21. The minimum Gasteiger partial charge on any atom is -0.314 e. The summed E-state index contributed by atoms with van der Waals surface area (Å²) in [5.41, 5.74) is 20.4. The average Bonchev–Trinajstić information content (AvgIpc) is 3.45. The fourth-order valence-corrected chi connectivity index (χ4v) is 10.4. The molecule has 11 rings (SSSR count). The van der Waals surface area contributed by atoms with E-state index in [0.29, 0.717) is 5.92 Å². The smallest absolute Gasteiger partial charge is 0.0726 e. The molecule has 0 aromatic heterocycles. The molecule has 3 aliphatic carbocycles. The van der Waals surface area contributed by atoms with Crippen molar-refractivity contribution in [2.24, 2.45) is 5.92 Å². The van der Waals surface area contributed by atoms with Gasteiger partial charge in [0.05, 0.1) is 5.41 Å². The Kier molecular flexibility index (Phi) is 6.41. The van der Waals surface area contributed by atoms with Gasteiger partial charge in [0.25, 0.3) is 0 Å². The van der Waals surface area contributed by atoms with E-state index in [9.17, 15) is 0 Å². The highest BCUT2D eigenvalue weighted by atomic mass is 15.2. The number of hydrogen-bond donors (Lipinski definition) is 0. The molecule has 1 spiro atoms. The predicted molar refractivity (Wildman–Crippen MR) is 221 cm³/mol. The lowest BCUT2D eigenvalue weighted by atomic mass is 9.65. The molecule has 7 aromatic carbocycles. The van der Waals surface area contributed by atoms with Crippen LogP contribution in [0, 0.1) is 5.92 Å². The molecule has 53 heavy (non-hydrogen) atoms. The van der Waals surface area contributed by atoms with Crippen LogP contribution in [-0.2, 0) is 10.8 Å². The molecule has 1 heterocycles. The molecule has 0 amide bonds. The van der Waals surface area contributed by atoms with Crippen LogP contribution in [0.25, 0.3) is 44.5 Å². The zero-order valence-electron chi connectivity index (χ0n) is 30.1. The van der Waals surface area contributed by atoms with Crippen LogP contribution in [0.15, 0.2) is 188 Å². The highest BCUT2D eigenvalue weighted by Gasteiger charge is 2.50. The van der Waals surface area contributed by atoms with Gasteiger partial charge in [0.15, 0.2) is 0 Å². The Labute approximate surface area is 312 Å². The standard InChI is InChI=1S/C52H39N/c1-51(2)46-26-14-15-27-49(46)53(50-31-28-35(32-48(50)51)34-16-4-3-5-17-34)36-29-30-42-41-22-10-13-25-45(41)52(47(42)33-36)43-23-11-8-20-39(43)37-18-6-7-19-38(37)40-21-9-12-24-44(40)52/h3-25,27-33,46H,26H2,1-2H3. The van der Waals surface area contributed by atoms with Gasteiger partial charge in [-0.25, -0.2) is 0 Å². The molecule has 1 nitrogen and oxygen atoms in total. The molecule has 1 atom stereocenters. The summed E-state index contributed by atoms with van der Waals surface area (Å²) in [6, 6.07) is 61.8. The van der Waals surface area contributed by atoms with Crippen molar-refractivity contribution in [2.45, 2.75) is 31.1 Å². The van der Waals surface area contributed by atoms with Gasteiger partial charge in [-0.1, -0.05) is 166 Å². The molecule has 252 valence electrons. The Morgan fingerprint density at radius 1 is 0.472 bits per heavy atom. The molecule has 4 aliphatic rings. The van der Waals surface area contributed by atoms with Crippen molar-refractivity contribution in [1.82, 2.24) is 0 Å². The van der Waals surface area contributed by atoms with Crippen molar-refractivity contribution in [3.63, 3.8) is 0 Å². The second-order valence-corrected chi connectivity index (χ2v) is 15.6. The maximum Gasteiger partial charge on any atom is 0.0726 e. The lowest BCUT2D eigenvalue weighted by Gasteiger charge is -2.49. The Bertz CT molecular complexity index is 2620. The molecule has 0 fully saturated rings. The second-order valence-electron chi connectivity index (χ2n) is 15.6. The highest BCUT2D eigenvalue weighted by molar-refractivity contribution is 5.98. The van der Waals surface area contributed by atoms with Gasteiger partial charge in [0.2, 0.25) is 0 Å². The maximum absolute atomic E-state index is 2.59. The van der Waals surface area contributed by atoms with E-state index in [1.54, 1.807) is 0 Å². The number of anilines is 2. The van der Waals surface area contributed by atoms with Crippen molar-refractivity contribution in [3.8, 4) is 44.5 Å². The van der Waals surface area contributed by atoms with E-state index in [1.807, 2.05) is 0 Å². The summed E-state index contributed by atoms with van der Waals surface area (Å²) in [5.74, 6) is 0.347. The summed E-state index contributed by atoms with van der Waals surface area (Å²) in [5, 5.41) is 0. The Morgan fingerprint density at radius 2 is 1.02 bits per heavy atom. The topological polar surface area (TPSA) is 3.24 Å². The van der Waals surface area contributed by atoms with Crippen LogP contribution in [0.2, 0.25) is 0 Å². The van der Waals surface area contributed by atoms with Crippen molar-refractivity contribution >= 4 is 11.4 Å². The van der Waals surface area contributed by atoms with Gasteiger partial charge in [0, 0.05) is 28.4 Å². The molecule has 1 unspecified atom stereocenters. The van der Waals surface area contributed by atoms with Crippen LogP contribution in [0.1, 0.15) is 48.1 Å². The SMILES string of the molecule is CC1(C)c2cc(-c3ccccc3)ccc2N(c2ccc3c(c2)C2(c4ccccc4-c4ccccc4-c4ccccc42)c2ccccc2-3)C2=CC=CCC21. The second kappa shape index (κ2) is 11.2. The van der Waals surface area contributed by atoms with Crippen LogP contribution in [0.4, 0.5) is 11.4 Å². The van der Waals surface area contributed by atoms with Crippen LogP contribution < -0.4 is 4.90 Å². The van der Waals surface area contributed by atoms with Gasteiger partial charge in [0.1, 0.15) is 0 Å².